The molecule has 5 aromatic rings. The van der Waals surface area contributed by atoms with Gasteiger partial charge in [-0.3, -0.25) is 4.98 Å². The maximum atomic E-state index is 5.37. The van der Waals surface area contributed by atoms with Crippen molar-refractivity contribution in [3.8, 4) is 22.1 Å². The van der Waals surface area contributed by atoms with Gasteiger partial charge in [-0.1, -0.05) is 0 Å². The molecule has 1 aromatic carbocycles. The van der Waals surface area contributed by atoms with Crippen molar-refractivity contribution in [3.63, 3.8) is 0 Å². The maximum absolute atomic E-state index is 5.37. The molecule has 4 aromatic heterocycles. The molecule has 7 nitrogen and oxygen atoms in total. The first-order valence-electron chi connectivity index (χ1n) is 8.93. The summed E-state index contributed by atoms with van der Waals surface area (Å²) in [5.74, 6) is 2.03. The highest BCUT2D eigenvalue weighted by molar-refractivity contribution is 7.22. The third-order valence-electron chi connectivity index (χ3n) is 4.59. The number of hydrogen-bond acceptors (Lipinski definition) is 7. The molecule has 0 aliphatic carbocycles. The fraction of sp³-hybridized carbons (Fsp3) is 0.0952. The first-order chi connectivity index (χ1) is 14.2. The van der Waals surface area contributed by atoms with Gasteiger partial charge in [0.2, 0.25) is 0 Å². The molecular weight excluding hydrogens is 386 g/mol. The fourth-order valence-electron chi connectivity index (χ4n) is 3.18. The number of nitrogens with zero attached hydrogens (tertiary/aromatic N) is 4. The summed E-state index contributed by atoms with van der Waals surface area (Å²) >= 11 is 1.70. The Kier molecular flexibility index (Phi) is 4.25. The van der Waals surface area contributed by atoms with Gasteiger partial charge in [0.1, 0.15) is 5.69 Å². The Balaban J connectivity index is 1.52. The fourth-order valence-corrected chi connectivity index (χ4v) is 4.21. The Hall–Kier alpha value is -3.65. The van der Waals surface area contributed by atoms with Gasteiger partial charge >= 0.3 is 0 Å². The predicted molar refractivity (Wildman–Crippen MR) is 114 cm³/mol. The quantitative estimate of drug-likeness (QED) is 0.456. The highest BCUT2D eigenvalue weighted by Gasteiger charge is 2.12. The molecule has 8 heteroatoms. The number of imidazole rings is 1. The highest BCUT2D eigenvalue weighted by Crippen LogP contribution is 2.34. The minimum atomic E-state index is 0.654. The molecule has 0 saturated carbocycles. The molecule has 0 bridgehead atoms. The van der Waals surface area contributed by atoms with Crippen LogP contribution in [0.25, 0.3) is 26.3 Å². The van der Waals surface area contributed by atoms with E-state index in [0.717, 1.165) is 27.3 Å². The number of ether oxygens (including phenoxy) is 2. The van der Waals surface area contributed by atoms with Gasteiger partial charge in [0.25, 0.3) is 0 Å². The van der Waals surface area contributed by atoms with Gasteiger partial charge in [-0.25, -0.2) is 9.50 Å². The molecule has 0 spiro atoms. The molecule has 144 valence electrons. The number of pyridine rings is 1. The molecule has 0 fully saturated rings. The van der Waals surface area contributed by atoms with Gasteiger partial charge in [-0.05, 0) is 36.4 Å². The smallest absolute Gasteiger partial charge is 0.162 e. The maximum Gasteiger partial charge on any atom is 0.162 e. The first-order valence-corrected chi connectivity index (χ1v) is 9.74. The average Bonchev–Trinajstić information content (AvgIpc) is 3.37. The molecule has 0 amide bonds. The van der Waals surface area contributed by atoms with E-state index in [4.69, 9.17) is 14.6 Å². The molecule has 0 saturated heterocycles. The number of aromatic nitrogens is 4. The zero-order valence-electron chi connectivity index (χ0n) is 15.8. The van der Waals surface area contributed by atoms with Crippen LogP contribution in [0, 0.1) is 0 Å². The van der Waals surface area contributed by atoms with Crippen LogP contribution >= 0.6 is 11.3 Å². The largest absolute Gasteiger partial charge is 0.493 e. The van der Waals surface area contributed by atoms with E-state index in [0.29, 0.717) is 17.3 Å². The van der Waals surface area contributed by atoms with Crippen LogP contribution in [0.4, 0.5) is 11.5 Å². The van der Waals surface area contributed by atoms with E-state index in [2.05, 4.69) is 21.4 Å². The van der Waals surface area contributed by atoms with Crippen molar-refractivity contribution >= 4 is 38.6 Å². The summed E-state index contributed by atoms with van der Waals surface area (Å²) in [6, 6.07) is 13.6. The number of thiophene rings is 1. The number of anilines is 2. The van der Waals surface area contributed by atoms with Crippen molar-refractivity contribution in [1.82, 2.24) is 19.6 Å². The third kappa shape index (κ3) is 3.13. The minimum absolute atomic E-state index is 0.654. The van der Waals surface area contributed by atoms with Gasteiger partial charge < -0.3 is 14.8 Å². The number of rotatable bonds is 5. The zero-order chi connectivity index (χ0) is 19.8. The predicted octanol–water partition coefficient (Wildman–Crippen LogP) is 4.77. The normalized spacial score (nSPS) is 11.1. The van der Waals surface area contributed by atoms with Gasteiger partial charge in [0.05, 0.1) is 25.3 Å². The van der Waals surface area contributed by atoms with E-state index < -0.39 is 0 Å². The summed E-state index contributed by atoms with van der Waals surface area (Å²) in [6.45, 7) is 0. The summed E-state index contributed by atoms with van der Waals surface area (Å²) in [5, 5.41) is 9.17. The van der Waals surface area contributed by atoms with Crippen molar-refractivity contribution in [3.05, 3.63) is 61.1 Å². The molecule has 29 heavy (non-hydrogen) atoms. The SMILES string of the molecule is COc1ccc(Nc2ccc3ncc(-c4cc5cnccc5s4)n3n2)cc1OC. The van der Waals surface area contributed by atoms with Crippen molar-refractivity contribution in [1.29, 1.82) is 0 Å². The van der Waals surface area contributed by atoms with Crippen LogP contribution in [-0.4, -0.2) is 33.8 Å². The molecule has 0 aliphatic rings. The van der Waals surface area contributed by atoms with E-state index in [1.54, 1.807) is 31.8 Å². The number of nitrogens with one attached hydrogen (secondary N) is 1. The van der Waals surface area contributed by atoms with Crippen LogP contribution in [-0.2, 0) is 0 Å². The summed E-state index contributed by atoms with van der Waals surface area (Å²) in [6.07, 6.45) is 5.53. The second kappa shape index (κ2) is 7.06. The Morgan fingerprint density at radius 2 is 1.86 bits per heavy atom. The number of hydrogen-bond donors (Lipinski definition) is 1. The topological polar surface area (TPSA) is 73.6 Å². The Morgan fingerprint density at radius 3 is 2.69 bits per heavy atom. The van der Waals surface area contributed by atoms with Crippen LogP contribution in [0.2, 0.25) is 0 Å². The minimum Gasteiger partial charge on any atom is -0.493 e. The lowest BCUT2D eigenvalue weighted by molar-refractivity contribution is 0.355. The van der Waals surface area contributed by atoms with Crippen molar-refractivity contribution in [2.24, 2.45) is 0 Å². The Labute approximate surface area is 170 Å². The third-order valence-corrected chi connectivity index (χ3v) is 5.73. The van der Waals surface area contributed by atoms with Crippen molar-refractivity contribution in [2.75, 3.05) is 19.5 Å². The van der Waals surface area contributed by atoms with Gasteiger partial charge in [-0.2, -0.15) is 0 Å². The molecule has 0 aliphatic heterocycles. The highest BCUT2D eigenvalue weighted by atomic mass is 32.1. The molecule has 1 N–H and O–H groups in total. The lowest BCUT2D eigenvalue weighted by Gasteiger charge is -2.11. The second-order valence-corrected chi connectivity index (χ2v) is 7.43. The summed E-state index contributed by atoms with van der Waals surface area (Å²) in [4.78, 5) is 9.78. The molecular formula is C21H17N5O2S. The lowest BCUT2D eigenvalue weighted by Crippen LogP contribution is -2.00. The molecule has 5 rings (SSSR count). The van der Waals surface area contributed by atoms with Crippen LogP contribution in [0.3, 0.4) is 0 Å². The number of benzene rings is 1. The van der Waals surface area contributed by atoms with E-state index in [1.807, 2.05) is 53.3 Å². The Bertz CT molecular complexity index is 1290. The number of fused-ring (bicyclic) bond motifs is 2. The van der Waals surface area contributed by atoms with E-state index >= 15 is 0 Å². The standard InChI is InChI=1S/C21H17N5O2S/c1-27-16-4-3-14(10-17(16)28-2)24-20-5-6-21-23-12-15(26(21)25-20)19-9-13-11-22-8-7-18(13)29-19/h3-12H,1-2H3,(H,24,25). The second-order valence-electron chi connectivity index (χ2n) is 6.35. The van der Waals surface area contributed by atoms with Crippen LogP contribution in [0.5, 0.6) is 11.5 Å². The number of methoxy groups -OCH3 is 2. The molecule has 4 heterocycles. The zero-order valence-corrected chi connectivity index (χ0v) is 16.6. The van der Waals surface area contributed by atoms with E-state index in [9.17, 15) is 0 Å². The van der Waals surface area contributed by atoms with Crippen molar-refractivity contribution in [2.45, 2.75) is 0 Å². The monoisotopic (exact) mass is 403 g/mol. The van der Waals surface area contributed by atoms with Crippen LogP contribution in [0.15, 0.2) is 61.1 Å². The van der Waals surface area contributed by atoms with Crippen molar-refractivity contribution < 1.29 is 9.47 Å². The van der Waals surface area contributed by atoms with E-state index in [1.165, 1.54) is 4.70 Å². The molecule has 0 radical (unpaired) electrons. The summed E-state index contributed by atoms with van der Waals surface area (Å²) in [5.41, 5.74) is 2.58. The molecule has 0 atom stereocenters. The summed E-state index contributed by atoms with van der Waals surface area (Å²) in [7, 11) is 3.23. The average molecular weight is 403 g/mol. The van der Waals surface area contributed by atoms with Crippen LogP contribution < -0.4 is 14.8 Å². The summed E-state index contributed by atoms with van der Waals surface area (Å²) < 4.78 is 13.7. The van der Waals surface area contributed by atoms with Gasteiger partial charge in [-0.15, -0.1) is 16.4 Å². The first kappa shape index (κ1) is 17.4. The van der Waals surface area contributed by atoms with E-state index in [-0.39, 0.29) is 0 Å². The van der Waals surface area contributed by atoms with Gasteiger partial charge in [0.15, 0.2) is 23.0 Å². The lowest BCUT2D eigenvalue weighted by atomic mass is 10.2. The van der Waals surface area contributed by atoms with Crippen LogP contribution in [0.1, 0.15) is 0 Å². The molecule has 0 unspecified atom stereocenters. The van der Waals surface area contributed by atoms with Gasteiger partial charge in [0, 0.05) is 34.2 Å². The Morgan fingerprint density at radius 1 is 0.966 bits per heavy atom.